The van der Waals surface area contributed by atoms with Gasteiger partial charge in [-0.1, -0.05) is 31.2 Å². The molecule has 0 heterocycles. The van der Waals surface area contributed by atoms with E-state index >= 15 is 0 Å². The lowest BCUT2D eigenvalue weighted by Gasteiger charge is -2.15. The number of Topliss-reactive ketones (excluding diaryl/α,β-unsaturated/α-hetero) is 1. The lowest BCUT2D eigenvalue weighted by atomic mass is 9.99. The highest BCUT2D eigenvalue weighted by atomic mass is 32.7. The third-order valence-corrected chi connectivity index (χ3v) is 6.46. The molecule has 0 fully saturated rings. The van der Waals surface area contributed by atoms with Crippen LogP contribution in [0.1, 0.15) is 28.4 Å². The second-order valence-corrected chi connectivity index (χ2v) is 9.47. The van der Waals surface area contributed by atoms with E-state index in [9.17, 15) is 27.4 Å². The first-order valence-electron chi connectivity index (χ1n) is 7.85. The number of para-hydroxylation sites is 1. The molecule has 0 aromatic heterocycles. The maximum Gasteiger partial charge on any atom is 0.437 e. The minimum absolute atomic E-state index is 0.0425. The Balaban J connectivity index is 2.38. The molecular weight excluding hydrogens is 416 g/mol. The molecule has 1 atom stereocenters. The number of alkyl halides is 3. The summed E-state index contributed by atoms with van der Waals surface area (Å²) in [6.07, 6.45) is -4.54. The maximum atomic E-state index is 12.7. The van der Waals surface area contributed by atoms with E-state index in [4.69, 9.17) is 10.4 Å². The van der Waals surface area contributed by atoms with Crippen LogP contribution in [-0.4, -0.2) is 22.1 Å². The molecule has 6 nitrogen and oxygen atoms in total. The van der Waals surface area contributed by atoms with Crippen molar-refractivity contribution in [3.8, 4) is 5.75 Å². The van der Waals surface area contributed by atoms with E-state index in [0.717, 1.165) is 24.3 Å². The lowest BCUT2D eigenvalue weighted by molar-refractivity contribution is -0.137. The SMILES string of the molecule is CCSP(=O)(O)Oc1ccccc1/C(=N\N)C(=O)c1ccc(C(F)(F)F)cc1. The minimum atomic E-state index is -4.54. The molecule has 2 aromatic rings. The van der Waals surface area contributed by atoms with Gasteiger partial charge < -0.3 is 15.3 Å². The van der Waals surface area contributed by atoms with Crippen molar-refractivity contribution in [3.63, 3.8) is 0 Å². The summed E-state index contributed by atoms with van der Waals surface area (Å²) in [7, 11) is 0. The smallest absolute Gasteiger partial charge is 0.416 e. The van der Waals surface area contributed by atoms with E-state index < -0.39 is 24.3 Å². The van der Waals surface area contributed by atoms with E-state index in [1.807, 2.05) is 0 Å². The number of ketones is 1. The van der Waals surface area contributed by atoms with Crippen molar-refractivity contribution in [2.75, 3.05) is 5.75 Å². The Morgan fingerprint density at radius 1 is 1.21 bits per heavy atom. The van der Waals surface area contributed by atoms with Gasteiger partial charge in [0.15, 0.2) is 0 Å². The van der Waals surface area contributed by atoms with Crippen molar-refractivity contribution in [2.45, 2.75) is 13.1 Å². The first-order valence-corrected chi connectivity index (χ1v) is 11.0. The highest BCUT2D eigenvalue weighted by molar-refractivity contribution is 8.54. The topological polar surface area (TPSA) is 102 Å². The molecule has 0 saturated carbocycles. The van der Waals surface area contributed by atoms with E-state index in [0.29, 0.717) is 17.1 Å². The summed E-state index contributed by atoms with van der Waals surface area (Å²) >= 11 is 0.691. The fourth-order valence-corrected chi connectivity index (χ4v) is 4.42. The number of halogens is 3. The van der Waals surface area contributed by atoms with Crippen LogP contribution in [0.2, 0.25) is 0 Å². The predicted octanol–water partition coefficient (Wildman–Crippen LogP) is 4.48. The van der Waals surface area contributed by atoms with Gasteiger partial charge in [0.25, 0.3) is 0 Å². The maximum absolute atomic E-state index is 12.7. The number of rotatable bonds is 7. The molecule has 1 unspecified atom stereocenters. The molecule has 0 spiro atoms. The summed E-state index contributed by atoms with van der Waals surface area (Å²) in [5, 5.41) is 3.43. The van der Waals surface area contributed by atoms with Crippen molar-refractivity contribution in [1.82, 2.24) is 0 Å². The third kappa shape index (κ3) is 5.37. The van der Waals surface area contributed by atoms with E-state index in [2.05, 4.69) is 5.10 Å². The Hall–Kier alpha value is -2.29. The normalized spacial score (nSPS) is 14.4. The van der Waals surface area contributed by atoms with Gasteiger partial charge in [0, 0.05) is 16.9 Å². The molecule has 0 aliphatic rings. The average Bonchev–Trinajstić information content (AvgIpc) is 2.62. The van der Waals surface area contributed by atoms with E-state index in [1.165, 1.54) is 24.3 Å². The van der Waals surface area contributed by atoms with Gasteiger partial charge >= 0.3 is 13.0 Å². The van der Waals surface area contributed by atoms with Crippen LogP contribution in [0, 0.1) is 0 Å². The number of hydrazone groups is 1. The molecule has 2 rings (SSSR count). The van der Waals surface area contributed by atoms with Crippen molar-refractivity contribution in [1.29, 1.82) is 0 Å². The van der Waals surface area contributed by atoms with Crippen LogP contribution in [0.15, 0.2) is 53.6 Å². The predicted molar refractivity (Wildman–Crippen MR) is 102 cm³/mol. The van der Waals surface area contributed by atoms with Crippen LogP contribution in [0.25, 0.3) is 0 Å². The number of nitrogens with zero attached hydrogens (tertiary/aromatic N) is 1. The quantitative estimate of drug-likeness (QED) is 0.220. The minimum Gasteiger partial charge on any atom is -0.416 e. The molecule has 0 bridgehead atoms. The molecule has 11 heteroatoms. The van der Waals surface area contributed by atoms with Gasteiger partial charge in [-0.15, -0.1) is 0 Å². The first kappa shape index (κ1) is 22.0. The van der Waals surface area contributed by atoms with Crippen LogP contribution in [0.4, 0.5) is 13.2 Å². The Morgan fingerprint density at radius 2 is 1.82 bits per heavy atom. The van der Waals surface area contributed by atoms with Crippen molar-refractivity contribution in [3.05, 3.63) is 65.2 Å². The number of hydrogen-bond acceptors (Lipinski definition) is 6. The monoisotopic (exact) mass is 432 g/mol. The molecule has 2 aromatic carbocycles. The number of carbonyl (C=O) groups excluding carboxylic acids is 1. The highest BCUT2D eigenvalue weighted by Gasteiger charge is 2.31. The largest absolute Gasteiger partial charge is 0.437 e. The zero-order valence-corrected chi connectivity index (χ0v) is 16.2. The summed E-state index contributed by atoms with van der Waals surface area (Å²) < 4.78 is 55.3. The first-order chi connectivity index (χ1) is 13.1. The van der Waals surface area contributed by atoms with Crippen molar-refractivity contribution < 1.29 is 31.9 Å². The van der Waals surface area contributed by atoms with Gasteiger partial charge in [0.1, 0.15) is 11.5 Å². The van der Waals surface area contributed by atoms with E-state index in [1.54, 1.807) is 6.92 Å². The standard InChI is InChI=1S/C17H16F3N2O4PS/c1-2-28-27(24,25)26-14-6-4-3-5-13(14)15(22-21)16(23)11-7-9-12(10-8-11)17(18,19)20/h3-10H,2,21H2,1H3,(H,24,25)/b22-15+. The Bertz CT molecular complexity index is 933. The lowest BCUT2D eigenvalue weighted by Crippen LogP contribution is -2.19. The molecule has 0 amide bonds. The summed E-state index contributed by atoms with van der Waals surface area (Å²) in [6, 6.07) is 9.36. The second-order valence-electron chi connectivity index (χ2n) is 5.36. The van der Waals surface area contributed by atoms with Crippen molar-refractivity contribution >= 4 is 29.7 Å². The molecule has 0 aliphatic carbocycles. The zero-order valence-electron chi connectivity index (χ0n) is 14.5. The molecule has 0 aliphatic heterocycles. The van der Waals surface area contributed by atoms with E-state index in [-0.39, 0.29) is 22.6 Å². The van der Waals surface area contributed by atoms with Gasteiger partial charge in [0.05, 0.1) is 5.56 Å². The van der Waals surface area contributed by atoms with Gasteiger partial charge in [-0.25, -0.2) is 4.57 Å². The average molecular weight is 432 g/mol. The molecule has 0 radical (unpaired) electrons. The summed E-state index contributed by atoms with van der Waals surface area (Å²) in [4.78, 5) is 22.5. The van der Waals surface area contributed by atoms with Crippen LogP contribution >= 0.6 is 18.2 Å². The number of nitrogens with two attached hydrogens (primary N) is 1. The number of carbonyl (C=O) groups is 1. The fraction of sp³-hybridized carbons (Fsp3) is 0.176. The van der Waals surface area contributed by atoms with Crippen LogP contribution in [0.3, 0.4) is 0 Å². The summed E-state index contributed by atoms with van der Waals surface area (Å²) in [5.41, 5.74) is -1.27. The Labute approximate surface area is 162 Å². The van der Waals surface area contributed by atoms with Gasteiger partial charge in [-0.05, 0) is 35.6 Å². The Morgan fingerprint density at radius 3 is 2.36 bits per heavy atom. The fourth-order valence-electron chi connectivity index (χ4n) is 2.25. The highest BCUT2D eigenvalue weighted by Crippen LogP contribution is 2.55. The molecule has 150 valence electrons. The molecule has 3 N–H and O–H groups in total. The van der Waals surface area contributed by atoms with Gasteiger partial charge in [-0.2, -0.15) is 18.3 Å². The van der Waals surface area contributed by atoms with Crippen LogP contribution in [-0.2, 0) is 10.7 Å². The zero-order chi connectivity index (χ0) is 20.9. The van der Waals surface area contributed by atoms with Crippen LogP contribution < -0.4 is 10.4 Å². The summed E-state index contributed by atoms with van der Waals surface area (Å²) in [5.74, 6) is 4.79. The molecule has 0 saturated heterocycles. The second kappa shape index (κ2) is 8.81. The molecular formula is C17H16F3N2O4PS. The Kier molecular flexibility index (Phi) is 6.92. The third-order valence-electron chi connectivity index (χ3n) is 3.47. The van der Waals surface area contributed by atoms with Crippen molar-refractivity contribution in [2.24, 2.45) is 10.9 Å². The number of benzene rings is 2. The van der Waals surface area contributed by atoms with Gasteiger partial charge in [-0.3, -0.25) is 4.79 Å². The molecule has 28 heavy (non-hydrogen) atoms. The number of hydrogen-bond donors (Lipinski definition) is 2. The van der Waals surface area contributed by atoms with Crippen LogP contribution in [0.5, 0.6) is 5.75 Å². The summed E-state index contributed by atoms with van der Waals surface area (Å²) in [6.45, 7) is -2.36. The van der Waals surface area contributed by atoms with Gasteiger partial charge in [0.2, 0.25) is 5.78 Å².